The first-order valence-electron chi connectivity index (χ1n) is 19.7. The highest BCUT2D eigenvalue weighted by molar-refractivity contribution is 6.28. The number of hydrogen-bond donors (Lipinski definition) is 1. The van der Waals surface area contributed by atoms with Gasteiger partial charge >= 0.3 is 0 Å². The molecule has 0 saturated heterocycles. The van der Waals surface area contributed by atoms with Gasteiger partial charge in [0.25, 0.3) is 0 Å². The third kappa shape index (κ3) is 6.32. The topological polar surface area (TPSA) is 24.4 Å². The predicted molar refractivity (Wildman–Crippen MR) is 243 cm³/mol. The average Bonchev–Trinajstić information content (AvgIpc) is 3.28. The van der Waals surface area contributed by atoms with Gasteiger partial charge in [-0.2, -0.15) is 0 Å². The Balaban J connectivity index is 1.11. The van der Waals surface area contributed by atoms with E-state index in [0.717, 1.165) is 40.3 Å². The van der Waals surface area contributed by atoms with Crippen molar-refractivity contribution in [2.75, 3.05) is 0 Å². The van der Waals surface area contributed by atoms with Crippen LogP contribution in [0.2, 0.25) is 0 Å². The molecule has 0 unspecified atom stereocenters. The van der Waals surface area contributed by atoms with Gasteiger partial charge in [0.2, 0.25) is 0 Å². The van der Waals surface area contributed by atoms with Crippen LogP contribution in [0.15, 0.2) is 217 Å². The highest BCUT2D eigenvalue weighted by Crippen LogP contribution is 2.47. The standard InChI is InChI=1S/C55H40N2/c1-37-29-36-50(56-55(43-23-12-5-13-24-43)57-54(37)42-21-10-4-11-22-42)39-32-30-38(31-33-39)44-27-16-28-46-45(44)34-35-49-51(40-17-6-2-7-18-40)47-25-14-15-26-48(47)52(53(46)49)41-19-8-3-9-20-41/h2-28,30-36H,29H2,1H3,(H,56,57)/b50-36+,54-37?. The summed E-state index contributed by atoms with van der Waals surface area (Å²) in [6, 6.07) is 72.0. The van der Waals surface area contributed by atoms with Gasteiger partial charge in [0.1, 0.15) is 5.84 Å². The molecule has 0 spiro atoms. The zero-order chi connectivity index (χ0) is 38.1. The normalized spacial score (nSPS) is 14.1. The van der Waals surface area contributed by atoms with E-state index in [-0.39, 0.29) is 0 Å². The molecular formula is C55H40N2. The molecule has 9 aromatic rings. The van der Waals surface area contributed by atoms with Crippen molar-refractivity contribution in [2.24, 2.45) is 4.99 Å². The van der Waals surface area contributed by atoms with Gasteiger partial charge in [-0.1, -0.05) is 206 Å². The summed E-state index contributed by atoms with van der Waals surface area (Å²) >= 11 is 0. The zero-order valence-electron chi connectivity index (χ0n) is 31.8. The Morgan fingerprint density at radius 1 is 0.386 bits per heavy atom. The van der Waals surface area contributed by atoms with E-state index in [0.29, 0.717) is 0 Å². The number of rotatable bonds is 6. The highest BCUT2D eigenvalue weighted by atomic mass is 15.0. The van der Waals surface area contributed by atoms with Gasteiger partial charge in [-0.05, 0) is 90.2 Å². The molecule has 0 radical (unpaired) electrons. The van der Waals surface area contributed by atoms with Crippen LogP contribution in [-0.2, 0) is 0 Å². The van der Waals surface area contributed by atoms with E-state index in [1.807, 2.05) is 6.07 Å². The first kappa shape index (κ1) is 34.2. The molecule has 10 rings (SSSR count). The summed E-state index contributed by atoms with van der Waals surface area (Å²) in [5.74, 6) is 0.835. The number of fused-ring (bicyclic) bond motifs is 4. The Kier molecular flexibility index (Phi) is 8.85. The van der Waals surface area contributed by atoms with Crippen molar-refractivity contribution >= 4 is 49.5 Å². The number of hydrogen-bond acceptors (Lipinski definition) is 2. The van der Waals surface area contributed by atoms with Crippen LogP contribution in [0, 0.1) is 0 Å². The minimum Gasteiger partial charge on any atom is -0.339 e. The van der Waals surface area contributed by atoms with Crippen LogP contribution in [0.4, 0.5) is 0 Å². The third-order valence-corrected chi connectivity index (χ3v) is 11.3. The summed E-state index contributed by atoms with van der Waals surface area (Å²) in [5, 5.41) is 11.3. The van der Waals surface area contributed by atoms with Crippen molar-refractivity contribution in [3.8, 4) is 33.4 Å². The van der Waals surface area contributed by atoms with Crippen LogP contribution in [0.5, 0.6) is 0 Å². The molecule has 0 amide bonds. The fourth-order valence-corrected chi connectivity index (χ4v) is 8.53. The summed E-state index contributed by atoms with van der Waals surface area (Å²) < 4.78 is 0. The third-order valence-electron chi connectivity index (χ3n) is 11.3. The Bertz CT molecular complexity index is 3010. The lowest BCUT2D eigenvalue weighted by Gasteiger charge is -2.20. The van der Waals surface area contributed by atoms with Gasteiger partial charge in [0.05, 0.1) is 5.70 Å². The van der Waals surface area contributed by atoms with E-state index < -0.39 is 0 Å². The van der Waals surface area contributed by atoms with E-state index in [1.54, 1.807) is 0 Å². The van der Waals surface area contributed by atoms with E-state index in [1.165, 1.54) is 71.3 Å². The smallest absolute Gasteiger partial charge is 0.138 e. The van der Waals surface area contributed by atoms with E-state index in [4.69, 9.17) is 4.99 Å². The summed E-state index contributed by atoms with van der Waals surface area (Å²) in [4.78, 5) is 5.27. The number of aliphatic imine (C=N–C) groups is 1. The average molecular weight is 729 g/mol. The molecule has 2 heteroatoms. The van der Waals surface area contributed by atoms with E-state index >= 15 is 0 Å². The molecule has 9 aromatic carbocycles. The number of nitrogens with one attached hydrogen (secondary N) is 1. The molecule has 0 fully saturated rings. The molecular weight excluding hydrogens is 689 g/mol. The molecule has 1 heterocycles. The van der Waals surface area contributed by atoms with Crippen LogP contribution >= 0.6 is 0 Å². The lowest BCUT2D eigenvalue weighted by molar-refractivity contribution is 1.14. The largest absolute Gasteiger partial charge is 0.339 e. The van der Waals surface area contributed by atoms with Crippen LogP contribution in [0.25, 0.3) is 77.1 Å². The van der Waals surface area contributed by atoms with Gasteiger partial charge in [0.15, 0.2) is 0 Å². The number of nitrogens with zero attached hydrogens (tertiary/aromatic N) is 1. The van der Waals surface area contributed by atoms with E-state index in [9.17, 15) is 0 Å². The quantitative estimate of drug-likeness (QED) is 0.134. The fourth-order valence-electron chi connectivity index (χ4n) is 8.53. The summed E-state index contributed by atoms with van der Waals surface area (Å²) in [5.41, 5.74) is 14.0. The molecule has 0 aliphatic carbocycles. The predicted octanol–water partition coefficient (Wildman–Crippen LogP) is 14.4. The van der Waals surface area contributed by atoms with Gasteiger partial charge in [-0.3, -0.25) is 0 Å². The second kappa shape index (κ2) is 14.7. The van der Waals surface area contributed by atoms with Crippen molar-refractivity contribution in [1.29, 1.82) is 0 Å². The second-order valence-electron chi connectivity index (χ2n) is 14.8. The Morgan fingerprint density at radius 2 is 0.895 bits per heavy atom. The molecule has 0 bridgehead atoms. The number of amidine groups is 1. The maximum absolute atomic E-state index is 5.27. The van der Waals surface area contributed by atoms with Crippen molar-refractivity contribution in [1.82, 2.24) is 5.32 Å². The minimum absolute atomic E-state index is 0.791. The van der Waals surface area contributed by atoms with Gasteiger partial charge < -0.3 is 5.32 Å². The lowest BCUT2D eigenvalue weighted by atomic mass is 9.83. The Morgan fingerprint density at radius 3 is 1.54 bits per heavy atom. The molecule has 0 saturated carbocycles. The zero-order valence-corrected chi connectivity index (χ0v) is 31.8. The fraction of sp³-hybridized carbons (Fsp3) is 0.0364. The van der Waals surface area contributed by atoms with Gasteiger partial charge in [-0.15, -0.1) is 0 Å². The summed E-state index contributed by atoms with van der Waals surface area (Å²) in [6.07, 6.45) is 3.09. The van der Waals surface area contributed by atoms with Crippen LogP contribution in [0.1, 0.15) is 30.0 Å². The molecule has 1 aliphatic rings. The maximum atomic E-state index is 5.27. The van der Waals surface area contributed by atoms with Crippen LogP contribution < -0.4 is 5.32 Å². The van der Waals surface area contributed by atoms with Gasteiger partial charge in [-0.25, -0.2) is 4.99 Å². The summed E-state index contributed by atoms with van der Waals surface area (Å²) in [6.45, 7) is 2.19. The molecule has 0 aromatic heterocycles. The monoisotopic (exact) mass is 728 g/mol. The molecule has 0 atom stereocenters. The van der Waals surface area contributed by atoms with Crippen molar-refractivity contribution in [3.63, 3.8) is 0 Å². The molecule has 1 aliphatic heterocycles. The summed E-state index contributed by atoms with van der Waals surface area (Å²) in [7, 11) is 0. The van der Waals surface area contributed by atoms with Crippen molar-refractivity contribution in [2.45, 2.75) is 13.3 Å². The first-order valence-corrected chi connectivity index (χ1v) is 19.7. The minimum atomic E-state index is 0.791. The number of allylic oxidation sites excluding steroid dienone is 2. The van der Waals surface area contributed by atoms with Crippen LogP contribution in [-0.4, -0.2) is 5.84 Å². The SMILES string of the molecule is CC1=C(c2ccccc2)N=C(c2ccccc2)N/C(c2ccc(-c3cccc4c3ccc3c(-c5ccccc5)c5ccccc5c(-c5ccccc5)c34)cc2)=C/C1. The van der Waals surface area contributed by atoms with Crippen molar-refractivity contribution < 1.29 is 0 Å². The Labute approximate surface area is 333 Å². The van der Waals surface area contributed by atoms with Gasteiger partial charge in [0, 0.05) is 16.8 Å². The molecule has 57 heavy (non-hydrogen) atoms. The van der Waals surface area contributed by atoms with Crippen LogP contribution in [0.3, 0.4) is 0 Å². The molecule has 2 nitrogen and oxygen atoms in total. The maximum Gasteiger partial charge on any atom is 0.138 e. The molecule has 1 N–H and O–H groups in total. The lowest BCUT2D eigenvalue weighted by Crippen LogP contribution is -2.24. The van der Waals surface area contributed by atoms with Crippen molar-refractivity contribution in [3.05, 3.63) is 229 Å². The Hall–Kier alpha value is -7.29. The second-order valence-corrected chi connectivity index (χ2v) is 14.8. The first-order chi connectivity index (χ1) is 28.2. The number of benzene rings is 9. The molecule has 270 valence electrons. The highest BCUT2D eigenvalue weighted by Gasteiger charge is 2.20. The van der Waals surface area contributed by atoms with E-state index in [2.05, 4.69) is 212 Å².